The highest BCUT2D eigenvalue weighted by Crippen LogP contribution is 2.31. The van der Waals surface area contributed by atoms with Crippen LogP contribution in [0, 0.1) is 17.3 Å². The average Bonchev–Trinajstić information content (AvgIpc) is 3.23. The second kappa shape index (κ2) is 11.3. The van der Waals surface area contributed by atoms with Crippen molar-refractivity contribution in [1.82, 2.24) is 5.43 Å². The van der Waals surface area contributed by atoms with Crippen LogP contribution in [0.4, 0.5) is 5.69 Å². The number of furan rings is 1. The Labute approximate surface area is 243 Å². The number of hydrogen-bond acceptors (Lipinski definition) is 6. The van der Waals surface area contributed by atoms with Gasteiger partial charge in [-0.25, -0.2) is 5.43 Å². The fourth-order valence-electron chi connectivity index (χ4n) is 3.07. The maximum atomic E-state index is 12.5. The van der Waals surface area contributed by atoms with Gasteiger partial charge in [-0.1, -0.05) is 15.9 Å². The van der Waals surface area contributed by atoms with E-state index in [4.69, 9.17) is 9.15 Å². The molecule has 1 amide bonds. The maximum Gasteiger partial charge on any atom is 0.307 e. The topological polar surface area (TPSA) is 107 Å². The Morgan fingerprint density at radius 2 is 1.80 bits per heavy atom. The molecule has 0 saturated carbocycles. The Morgan fingerprint density at radius 1 is 1.11 bits per heavy atom. The molecule has 0 aliphatic rings. The number of halogens is 4. The molecule has 0 unspecified atom stereocenters. The molecule has 1 N–H and O–H groups in total. The average molecular weight is 825 g/mol. The summed E-state index contributed by atoms with van der Waals surface area (Å²) in [5.74, 6) is 0.382. The minimum atomic E-state index is -0.465. The molecule has 178 valence electrons. The zero-order valence-corrected chi connectivity index (χ0v) is 24.9. The molecule has 0 radical (unpaired) electrons. The highest BCUT2D eigenvalue weighted by atomic mass is 127. The first-order chi connectivity index (χ1) is 16.7. The highest BCUT2D eigenvalue weighted by molar-refractivity contribution is 14.1. The molecule has 0 spiro atoms. The summed E-state index contributed by atoms with van der Waals surface area (Å²) in [6.07, 6.45) is 1.54. The fourth-order valence-corrected chi connectivity index (χ4v) is 6.54. The second-order valence-electron chi connectivity index (χ2n) is 7.14. The van der Waals surface area contributed by atoms with Crippen LogP contribution in [0.15, 0.2) is 73.1 Å². The normalized spacial score (nSPS) is 11.2. The van der Waals surface area contributed by atoms with Crippen LogP contribution in [0.3, 0.4) is 0 Å². The molecule has 0 saturated heterocycles. The number of rotatable bonds is 7. The van der Waals surface area contributed by atoms with E-state index < -0.39 is 10.8 Å². The second-order valence-corrected chi connectivity index (χ2v) is 11.2. The van der Waals surface area contributed by atoms with Gasteiger partial charge in [-0.15, -0.1) is 0 Å². The van der Waals surface area contributed by atoms with E-state index in [9.17, 15) is 14.9 Å². The van der Waals surface area contributed by atoms with Gasteiger partial charge in [0.2, 0.25) is 0 Å². The number of nitro groups is 1. The number of nitro benzene ring substituents is 1. The molecule has 0 aliphatic carbocycles. The van der Waals surface area contributed by atoms with Crippen molar-refractivity contribution in [3.63, 3.8) is 0 Å². The maximum absolute atomic E-state index is 12.5. The van der Waals surface area contributed by atoms with Gasteiger partial charge in [-0.3, -0.25) is 14.9 Å². The van der Waals surface area contributed by atoms with Crippen molar-refractivity contribution in [3.8, 4) is 5.75 Å². The molecule has 12 heteroatoms. The minimum Gasteiger partial charge on any atom is -0.487 e. The van der Waals surface area contributed by atoms with Crippen LogP contribution >= 0.6 is 77.0 Å². The van der Waals surface area contributed by atoms with Gasteiger partial charge in [-0.05, 0) is 115 Å². The van der Waals surface area contributed by atoms with Crippen LogP contribution in [0.5, 0.6) is 5.75 Å². The van der Waals surface area contributed by atoms with Gasteiger partial charge in [0.1, 0.15) is 17.9 Å². The number of benzene rings is 3. The summed E-state index contributed by atoms with van der Waals surface area (Å²) in [4.78, 5) is 22.8. The van der Waals surface area contributed by atoms with Crippen molar-refractivity contribution in [2.75, 3.05) is 0 Å². The monoisotopic (exact) mass is 823 g/mol. The van der Waals surface area contributed by atoms with Gasteiger partial charge in [0.25, 0.3) is 5.69 Å². The summed E-state index contributed by atoms with van der Waals surface area (Å²) in [6.45, 7) is 0.275. The molecule has 0 fully saturated rings. The fraction of sp³-hybridized carbons (Fsp3) is 0.0435. The van der Waals surface area contributed by atoms with Gasteiger partial charge in [0, 0.05) is 22.0 Å². The molecule has 1 heterocycles. The summed E-state index contributed by atoms with van der Waals surface area (Å²) in [6, 6.07) is 15.3. The smallest absolute Gasteiger partial charge is 0.307 e. The van der Waals surface area contributed by atoms with Crippen LogP contribution in [0.2, 0.25) is 0 Å². The molecule has 4 rings (SSSR count). The first-order valence-electron chi connectivity index (χ1n) is 9.78. The van der Waals surface area contributed by atoms with E-state index in [0.29, 0.717) is 11.3 Å². The van der Waals surface area contributed by atoms with Gasteiger partial charge >= 0.3 is 5.91 Å². The van der Waals surface area contributed by atoms with Crippen molar-refractivity contribution in [2.24, 2.45) is 5.10 Å². The number of hydrogen-bond donors (Lipinski definition) is 1. The Bertz CT molecular complexity index is 1450. The molecule has 0 aliphatic heterocycles. The molecular formula is C23H13Br2I2N3O5. The van der Waals surface area contributed by atoms with Crippen molar-refractivity contribution in [1.29, 1.82) is 0 Å². The number of ether oxygens (including phenoxy) is 1. The zero-order chi connectivity index (χ0) is 25.1. The molecule has 1 aromatic heterocycles. The van der Waals surface area contributed by atoms with Crippen LogP contribution in [-0.4, -0.2) is 17.0 Å². The van der Waals surface area contributed by atoms with Crippen LogP contribution in [0.25, 0.3) is 11.0 Å². The Kier molecular flexibility index (Phi) is 8.44. The Hall–Kier alpha value is -2.04. The van der Waals surface area contributed by atoms with E-state index >= 15 is 0 Å². The largest absolute Gasteiger partial charge is 0.487 e. The van der Waals surface area contributed by atoms with E-state index in [1.54, 1.807) is 18.2 Å². The number of fused-ring (bicyclic) bond motifs is 1. The molecule has 4 aromatic rings. The molecular weight excluding hydrogens is 812 g/mol. The van der Waals surface area contributed by atoms with Crippen LogP contribution in [0.1, 0.15) is 21.7 Å². The Balaban J connectivity index is 1.40. The van der Waals surface area contributed by atoms with Crippen LogP contribution < -0.4 is 10.2 Å². The van der Waals surface area contributed by atoms with E-state index in [1.165, 1.54) is 18.3 Å². The number of hydrazone groups is 1. The summed E-state index contributed by atoms with van der Waals surface area (Å²) >= 11 is 11.2. The number of nitrogens with zero attached hydrogens (tertiary/aromatic N) is 2. The first-order valence-corrected chi connectivity index (χ1v) is 13.5. The van der Waals surface area contributed by atoms with Gasteiger partial charge < -0.3 is 9.15 Å². The first kappa shape index (κ1) is 26.0. The summed E-state index contributed by atoms with van der Waals surface area (Å²) in [7, 11) is 0. The summed E-state index contributed by atoms with van der Waals surface area (Å²) in [5.41, 5.74) is 4.69. The third kappa shape index (κ3) is 6.40. The molecule has 3 aromatic carbocycles. The van der Waals surface area contributed by atoms with Gasteiger partial charge in [0.05, 0.1) is 22.8 Å². The van der Waals surface area contributed by atoms with Crippen molar-refractivity contribution in [3.05, 3.63) is 97.7 Å². The van der Waals surface area contributed by atoms with Gasteiger partial charge in [0.15, 0.2) is 5.76 Å². The highest BCUT2D eigenvalue weighted by Gasteiger charge is 2.14. The molecule has 8 nitrogen and oxygen atoms in total. The van der Waals surface area contributed by atoms with E-state index in [2.05, 4.69) is 87.6 Å². The number of carbonyl (C=O) groups excluding carboxylic acids is 1. The number of nitrogens with one attached hydrogen (secondary N) is 1. The molecule has 35 heavy (non-hydrogen) atoms. The van der Waals surface area contributed by atoms with E-state index in [1.807, 2.05) is 24.3 Å². The predicted molar refractivity (Wildman–Crippen MR) is 156 cm³/mol. The standard InChI is InChI=1S/C23H13Br2I2N3O5/c24-15-7-14-8-20(35-21(14)17(25)9-15)23(31)29-28-10-13-5-18(26)22(19(27)6-13)34-11-12-1-3-16(4-2-12)30(32)33/h1-10H,11H2,(H,29,31)/b28-10-. The lowest BCUT2D eigenvalue weighted by Gasteiger charge is -2.11. The zero-order valence-electron chi connectivity index (χ0n) is 17.4. The van der Waals surface area contributed by atoms with Crippen molar-refractivity contribution < 1.29 is 18.9 Å². The summed E-state index contributed by atoms with van der Waals surface area (Å²) < 4.78 is 14.9. The third-order valence-electron chi connectivity index (χ3n) is 4.69. The SMILES string of the molecule is O=C(N/N=C\c1cc(I)c(OCc2ccc([N+](=O)[O-])cc2)c(I)c1)c1cc2cc(Br)cc(Br)c2o1. The van der Waals surface area contributed by atoms with Crippen molar-refractivity contribution >= 4 is 106 Å². The molecule has 0 bridgehead atoms. The molecule has 0 atom stereocenters. The lowest BCUT2D eigenvalue weighted by molar-refractivity contribution is -0.384. The summed E-state index contributed by atoms with van der Waals surface area (Å²) in [5, 5.41) is 15.6. The lowest BCUT2D eigenvalue weighted by atomic mass is 10.2. The van der Waals surface area contributed by atoms with Crippen LogP contribution in [-0.2, 0) is 6.61 Å². The third-order valence-corrected chi connectivity index (χ3v) is 7.34. The van der Waals surface area contributed by atoms with Gasteiger partial charge in [-0.2, -0.15) is 5.10 Å². The minimum absolute atomic E-state index is 0.0370. The lowest BCUT2D eigenvalue weighted by Crippen LogP contribution is -2.16. The number of carbonyl (C=O) groups is 1. The predicted octanol–water partition coefficient (Wildman–Crippen LogP) is 7.42. The van der Waals surface area contributed by atoms with E-state index in [0.717, 1.165) is 32.6 Å². The number of non-ortho nitro benzene ring substituents is 1. The van der Waals surface area contributed by atoms with E-state index in [-0.39, 0.29) is 18.1 Å². The Morgan fingerprint density at radius 3 is 2.46 bits per heavy atom. The van der Waals surface area contributed by atoms with Crippen molar-refractivity contribution in [2.45, 2.75) is 6.61 Å². The quantitative estimate of drug-likeness (QED) is 0.0905. The number of amides is 1.